The third-order valence-electron chi connectivity index (χ3n) is 2.11. The SMILES string of the molecule is CC(O)c1cn(-c2c(F)cccc2Br)nn1. The van der Waals surface area contributed by atoms with Crippen LogP contribution in [0.25, 0.3) is 5.69 Å². The number of aliphatic hydroxyl groups is 1. The second-order valence-electron chi connectivity index (χ2n) is 3.33. The first kappa shape index (κ1) is 11.2. The Balaban J connectivity index is 2.50. The number of para-hydroxylation sites is 1. The molecule has 1 atom stereocenters. The summed E-state index contributed by atoms with van der Waals surface area (Å²) in [4.78, 5) is 0. The van der Waals surface area contributed by atoms with E-state index < -0.39 is 11.9 Å². The van der Waals surface area contributed by atoms with Gasteiger partial charge in [-0.3, -0.25) is 0 Å². The molecule has 0 aliphatic carbocycles. The molecule has 0 fully saturated rings. The van der Waals surface area contributed by atoms with Gasteiger partial charge in [0.05, 0.1) is 12.3 Å². The first-order valence-corrected chi connectivity index (χ1v) is 5.43. The molecule has 0 radical (unpaired) electrons. The molecule has 4 nitrogen and oxygen atoms in total. The van der Waals surface area contributed by atoms with Crippen molar-refractivity contribution in [3.8, 4) is 5.69 Å². The summed E-state index contributed by atoms with van der Waals surface area (Å²) < 4.78 is 15.4. The zero-order valence-corrected chi connectivity index (χ0v) is 10.0. The lowest BCUT2D eigenvalue weighted by Gasteiger charge is -2.04. The maximum Gasteiger partial charge on any atom is 0.150 e. The molecule has 1 unspecified atom stereocenters. The third-order valence-corrected chi connectivity index (χ3v) is 2.75. The van der Waals surface area contributed by atoms with Gasteiger partial charge in [0.1, 0.15) is 17.2 Å². The van der Waals surface area contributed by atoms with Crippen LogP contribution in [0, 0.1) is 5.82 Å². The third kappa shape index (κ3) is 1.98. The summed E-state index contributed by atoms with van der Waals surface area (Å²) in [6.07, 6.45) is 0.771. The molecule has 0 aliphatic rings. The maximum absolute atomic E-state index is 13.6. The number of nitrogens with zero attached hydrogens (tertiary/aromatic N) is 3. The predicted molar refractivity (Wildman–Crippen MR) is 59.7 cm³/mol. The molecule has 2 aromatic rings. The van der Waals surface area contributed by atoms with Crippen LogP contribution in [0.3, 0.4) is 0 Å². The van der Waals surface area contributed by atoms with Gasteiger partial charge in [-0.25, -0.2) is 9.07 Å². The van der Waals surface area contributed by atoms with Gasteiger partial charge >= 0.3 is 0 Å². The van der Waals surface area contributed by atoms with Gasteiger partial charge < -0.3 is 5.11 Å². The summed E-state index contributed by atoms with van der Waals surface area (Å²) in [7, 11) is 0. The standard InChI is InChI=1S/C10H9BrFN3O/c1-6(16)9-5-15(14-13-9)10-7(11)3-2-4-8(10)12/h2-6,16H,1H3. The van der Waals surface area contributed by atoms with Crippen molar-refractivity contribution in [2.24, 2.45) is 0 Å². The Morgan fingerprint density at radius 2 is 2.25 bits per heavy atom. The number of hydrogen-bond donors (Lipinski definition) is 1. The highest BCUT2D eigenvalue weighted by molar-refractivity contribution is 9.10. The van der Waals surface area contributed by atoms with Crippen LogP contribution in [-0.4, -0.2) is 20.1 Å². The number of hydrogen-bond acceptors (Lipinski definition) is 3. The average molecular weight is 286 g/mol. The van der Waals surface area contributed by atoms with E-state index in [9.17, 15) is 9.50 Å². The van der Waals surface area contributed by atoms with Crippen LogP contribution in [0.15, 0.2) is 28.9 Å². The summed E-state index contributed by atoms with van der Waals surface area (Å²) in [6, 6.07) is 4.64. The Labute approximate surface area is 99.8 Å². The van der Waals surface area contributed by atoms with E-state index in [0.717, 1.165) is 0 Å². The molecule has 0 bridgehead atoms. The van der Waals surface area contributed by atoms with Crippen molar-refractivity contribution >= 4 is 15.9 Å². The van der Waals surface area contributed by atoms with Gasteiger partial charge in [0.25, 0.3) is 0 Å². The van der Waals surface area contributed by atoms with E-state index in [-0.39, 0.29) is 5.69 Å². The molecular weight excluding hydrogens is 277 g/mol. The lowest BCUT2D eigenvalue weighted by Crippen LogP contribution is -1.99. The topological polar surface area (TPSA) is 50.9 Å². The van der Waals surface area contributed by atoms with Gasteiger partial charge in [-0.2, -0.15) is 0 Å². The van der Waals surface area contributed by atoms with Crippen molar-refractivity contribution in [1.29, 1.82) is 0 Å². The predicted octanol–water partition coefficient (Wildman–Crippen LogP) is 2.22. The number of halogens is 2. The van der Waals surface area contributed by atoms with Crippen molar-refractivity contribution in [3.05, 3.63) is 40.4 Å². The second-order valence-corrected chi connectivity index (χ2v) is 4.19. The Bertz CT molecular complexity index is 492. The van der Waals surface area contributed by atoms with Crippen LogP contribution in [0.5, 0.6) is 0 Å². The Morgan fingerprint density at radius 1 is 1.50 bits per heavy atom. The Kier molecular flexibility index (Phi) is 3.02. The van der Waals surface area contributed by atoms with Crippen molar-refractivity contribution in [2.45, 2.75) is 13.0 Å². The van der Waals surface area contributed by atoms with E-state index in [4.69, 9.17) is 0 Å². The largest absolute Gasteiger partial charge is 0.387 e. The molecule has 6 heteroatoms. The monoisotopic (exact) mass is 285 g/mol. The van der Waals surface area contributed by atoms with Gasteiger partial charge in [0, 0.05) is 4.47 Å². The fourth-order valence-corrected chi connectivity index (χ4v) is 1.81. The number of benzene rings is 1. The zero-order valence-electron chi connectivity index (χ0n) is 8.43. The summed E-state index contributed by atoms with van der Waals surface area (Å²) >= 11 is 3.24. The van der Waals surface area contributed by atoms with Crippen molar-refractivity contribution in [3.63, 3.8) is 0 Å². The fraction of sp³-hybridized carbons (Fsp3) is 0.200. The van der Waals surface area contributed by atoms with E-state index in [1.54, 1.807) is 19.1 Å². The lowest BCUT2D eigenvalue weighted by molar-refractivity contribution is 0.194. The molecule has 1 aromatic carbocycles. The summed E-state index contributed by atoms with van der Waals surface area (Å²) in [5.74, 6) is -0.406. The second kappa shape index (κ2) is 4.31. The normalized spacial score (nSPS) is 12.8. The van der Waals surface area contributed by atoms with E-state index in [0.29, 0.717) is 10.2 Å². The van der Waals surface area contributed by atoms with Crippen LogP contribution in [-0.2, 0) is 0 Å². The summed E-state index contributed by atoms with van der Waals surface area (Å²) in [5.41, 5.74) is 0.678. The molecule has 0 saturated heterocycles. The first-order chi connectivity index (χ1) is 7.59. The van der Waals surface area contributed by atoms with Gasteiger partial charge in [0.15, 0.2) is 0 Å². The first-order valence-electron chi connectivity index (χ1n) is 4.64. The molecule has 1 N–H and O–H groups in total. The lowest BCUT2D eigenvalue weighted by atomic mass is 10.3. The highest BCUT2D eigenvalue weighted by Gasteiger charge is 2.13. The van der Waals surface area contributed by atoms with Crippen molar-refractivity contribution in [1.82, 2.24) is 15.0 Å². The maximum atomic E-state index is 13.6. The molecule has 2 rings (SSSR count). The van der Waals surface area contributed by atoms with E-state index in [2.05, 4.69) is 26.2 Å². The van der Waals surface area contributed by atoms with Gasteiger partial charge in [0.2, 0.25) is 0 Å². The summed E-state index contributed by atoms with van der Waals surface area (Å²) in [5, 5.41) is 16.8. The van der Waals surface area contributed by atoms with Gasteiger partial charge in [-0.1, -0.05) is 11.3 Å². The van der Waals surface area contributed by atoms with Crippen molar-refractivity contribution in [2.75, 3.05) is 0 Å². The molecule has 1 heterocycles. The zero-order chi connectivity index (χ0) is 11.7. The minimum Gasteiger partial charge on any atom is -0.387 e. The van der Waals surface area contributed by atoms with E-state index >= 15 is 0 Å². The van der Waals surface area contributed by atoms with E-state index in [1.807, 2.05) is 0 Å². The molecule has 84 valence electrons. The summed E-state index contributed by atoms with van der Waals surface area (Å²) in [6.45, 7) is 1.57. The van der Waals surface area contributed by atoms with Crippen LogP contribution in [0.4, 0.5) is 4.39 Å². The molecule has 0 aliphatic heterocycles. The van der Waals surface area contributed by atoms with Crippen LogP contribution in [0.2, 0.25) is 0 Å². The van der Waals surface area contributed by atoms with Crippen LogP contribution in [0.1, 0.15) is 18.7 Å². The highest BCUT2D eigenvalue weighted by Crippen LogP contribution is 2.23. The van der Waals surface area contributed by atoms with Gasteiger partial charge in [-0.05, 0) is 35.0 Å². The fourth-order valence-electron chi connectivity index (χ4n) is 1.29. The minimum atomic E-state index is -0.723. The molecule has 0 saturated carbocycles. The molecule has 16 heavy (non-hydrogen) atoms. The average Bonchev–Trinajstić information content (AvgIpc) is 2.66. The molecule has 0 amide bonds. The minimum absolute atomic E-state index is 0.280. The number of aliphatic hydroxyl groups excluding tert-OH is 1. The van der Waals surface area contributed by atoms with Gasteiger partial charge in [-0.15, -0.1) is 5.10 Å². The van der Waals surface area contributed by atoms with Crippen LogP contribution >= 0.6 is 15.9 Å². The van der Waals surface area contributed by atoms with Crippen molar-refractivity contribution < 1.29 is 9.50 Å². The van der Waals surface area contributed by atoms with E-state index in [1.165, 1.54) is 16.9 Å². The number of aromatic nitrogens is 3. The Hall–Kier alpha value is -1.27. The quantitative estimate of drug-likeness (QED) is 0.921. The smallest absolute Gasteiger partial charge is 0.150 e. The molecule has 1 aromatic heterocycles. The molecule has 0 spiro atoms. The number of rotatable bonds is 2. The Morgan fingerprint density at radius 3 is 2.81 bits per heavy atom. The highest BCUT2D eigenvalue weighted by atomic mass is 79.9. The molecular formula is C10H9BrFN3O. The van der Waals surface area contributed by atoms with Crippen LogP contribution < -0.4 is 0 Å².